The van der Waals surface area contributed by atoms with Crippen LogP contribution in [0.1, 0.15) is 5.56 Å². The van der Waals surface area contributed by atoms with Gasteiger partial charge in [-0.1, -0.05) is 11.6 Å². The number of aromatic nitrogens is 2. The lowest BCUT2D eigenvalue weighted by Gasteiger charge is -2.08. The van der Waals surface area contributed by atoms with Crippen molar-refractivity contribution in [3.05, 3.63) is 77.5 Å². The quantitative estimate of drug-likeness (QED) is 0.739. The second-order valence-corrected chi connectivity index (χ2v) is 7.37. The number of pyridine rings is 2. The minimum atomic E-state index is -3.81. The molecule has 1 aromatic carbocycles. The molecule has 3 aromatic rings. The molecule has 1 N–H and O–H groups in total. The van der Waals surface area contributed by atoms with E-state index < -0.39 is 15.8 Å². The molecule has 0 aliphatic heterocycles. The van der Waals surface area contributed by atoms with Gasteiger partial charge in [0.2, 0.25) is 10.0 Å². The summed E-state index contributed by atoms with van der Waals surface area (Å²) in [6.07, 6.45) is 4.94. The Balaban J connectivity index is 1.78. The SMILES string of the molecule is O=S(=O)(NCc1ccnc(-c2cccnc2)c1)c1ccc(F)c(Cl)c1. The summed E-state index contributed by atoms with van der Waals surface area (Å²) >= 11 is 5.64. The maximum absolute atomic E-state index is 13.2. The van der Waals surface area contributed by atoms with Crippen LogP contribution in [0.2, 0.25) is 5.02 Å². The van der Waals surface area contributed by atoms with Gasteiger partial charge in [-0.25, -0.2) is 17.5 Å². The summed E-state index contributed by atoms with van der Waals surface area (Å²) in [7, 11) is -3.81. The van der Waals surface area contributed by atoms with Gasteiger partial charge in [0.1, 0.15) is 5.82 Å². The minimum Gasteiger partial charge on any atom is -0.264 e. The first-order valence-corrected chi connectivity index (χ1v) is 9.12. The van der Waals surface area contributed by atoms with Gasteiger partial charge in [-0.2, -0.15) is 0 Å². The highest BCUT2D eigenvalue weighted by Crippen LogP contribution is 2.20. The Morgan fingerprint density at radius 3 is 2.68 bits per heavy atom. The lowest BCUT2D eigenvalue weighted by atomic mass is 10.1. The Bertz CT molecular complexity index is 998. The van der Waals surface area contributed by atoms with E-state index in [2.05, 4.69) is 14.7 Å². The zero-order chi connectivity index (χ0) is 17.9. The highest BCUT2D eigenvalue weighted by Gasteiger charge is 2.15. The summed E-state index contributed by atoms with van der Waals surface area (Å²) in [5.74, 6) is -0.670. The number of sulfonamides is 1. The van der Waals surface area contributed by atoms with Crippen LogP contribution in [-0.4, -0.2) is 18.4 Å². The number of halogens is 2. The van der Waals surface area contributed by atoms with Crippen LogP contribution in [-0.2, 0) is 16.6 Å². The molecule has 0 saturated carbocycles. The van der Waals surface area contributed by atoms with Crippen molar-refractivity contribution in [2.45, 2.75) is 11.4 Å². The molecule has 0 saturated heterocycles. The Morgan fingerprint density at radius 1 is 1.12 bits per heavy atom. The van der Waals surface area contributed by atoms with E-state index in [1.54, 1.807) is 36.8 Å². The molecule has 0 atom stereocenters. The van der Waals surface area contributed by atoms with Crippen LogP contribution >= 0.6 is 11.6 Å². The third-order valence-electron chi connectivity index (χ3n) is 3.45. The van der Waals surface area contributed by atoms with Crippen LogP contribution in [0.15, 0.2) is 66.0 Å². The summed E-state index contributed by atoms with van der Waals surface area (Å²) in [4.78, 5) is 8.20. The monoisotopic (exact) mass is 377 g/mol. The van der Waals surface area contributed by atoms with E-state index in [0.29, 0.717) is 5.69 Å². The Labute approximate surface area is 149 Å². The normalized spacial score (nSPS) is 11.4. The number of benzene rings is 1. The van der Waals surface area contributed by atoms with E-state index in [4.69, 9.17) is 11.6 Å². The molecular formula is C17H13ClFN3O2S. The lowest BCUT2D eigenvalue weighted by molar-refractivity contribution is 0.580. The van der Waals surface area contributed by atoms with Crippen molar-refractivity contribution in [2.24, 2.45) is 0 Å². The third-order valence-corrected chi connectivity index (χ3v) is 5.14. The second kappa shape index (κ2) is 7.26. The lowest BCUT2D eigenvalue weighted by Crippen LogP contribution is -2.23. The molecule has 0 amide bonds. The first-order chi connectivity index (χ1) is 12.0. The number of rotatable bonds is 5. The van der Waals surface area contributed by atoms with Crippen LogP contribution in [0.3, 0.4) is 0 Å². The molecule has 3 rings (SSSR count). The average molecular weight is 378 g/mol. The van der Waals surface area contributed by atoms with Gasteiger partial charge in [-0.05, 0) is 48.0 Å². The topological polar surface area (TPSA) is 72.0 Å². The molecule has 0 unspecified atom stereocenters. The van der Waals surface area contributed by atoms with E-state index >= 15 is 0 Å². The van der Waals surface area contributed by atoms with Gasteiger partial charge in [-0.3, -0.25) is 9.97 Å². The Morgan fingerprint density at radius 2 is 1.96 bits per heavy atom. The fraction of sp³-hybridized carbons (Fsp3) is 0.0588. The maximum Gasteiger partial charge on any atom is 0.240 e. The van der Waals surface area contributed by atoms with Gasteiger partial charge in [-0.15, -0.1) is 0 Å². The van der Waals surface area contributed by atoms with E-state index in [1.807, 2.05) is 6.07 Å². The van der Waals surface area contributed by atoms with Crippen molar-refractivity contribution >= 4 is 21.6 Å². The van der Waals surface area contributed by atoms with Gasteiger partial charge in [0.25, 0.3) is 0 Å². The summed E-state index contributed by atoms with van der Waals surface area (Å²) in [5, 5.41) is -0.245. The molecule has 0 spiro atoms. The average Bonchev–Trinajstić information content (AvgIpc) is 2.63. The molecule has 0 aliphatic rings. The van der Waals surface area contributed by atoms with E-state index in [1.165, 1.54) is 0 Å². The first kappa shape index (κ1) is 17.5. The summed E-state index contributed by atoms with van der Waals surface area (Å²) < 4.78 is 40.3. The van der Waals surface area contributed by atoms with Crippen molar-refractivity contribution in [3.8, 4) is 11.3 Å². The molecule has 128 valence electrons. The van der Waals surface area contributed by atoms with E-state index in [-0.39, 0.29) is 16.5 Å². The highest BCUT2D eigenvalue weighted by atomic mass is 35.5. The Hall–Kier alpha value is -2.35. The number of hydrogen-bond acceptors (Lipinski definition) is 4. The van der Waals surface area contributed by atoms with Gasteiger partial charge in [0, 0.05) is 30.7 Å². The van der Waals surface area contributed by atoms with Gasteiger partial charge < -0.3 is 0 Å². The van der Waals surface area contributed by atoms with Crippen LogP contribution in [0, 0.1) is 5.82 Å². The number of hydrogen-bond donors (Lipinski definition) is 1. The van der Waals surface area contributed by atoms with Crippen LogP contribution < -0.4 is 4.72 Å². The van der Waals surface area contributed by atoms with E-state index in [9.17, 15) is 12.8 Å². The molecule has 25 heavy (non-hydrogen) atoms. The smallest absolute Gasteiger partial charge is 0.240 e. The summed E-state index contributed by atoms with van der Waals surface area (Å²) in [6, 6.07) is 10.4. The van der Waals surface area contributed by atoms with Gasteiger partial charge in [0.05, 0.1) is 15.6 Å². The fourth-order valence-corrected chi connectivity index (χ4v) is 3.45. The van der Waals surface area contributed by atoms with Crippen molar-refractivity contribution < 1.29 is 12.8 Å². The van der Waals surface area contributed by atoms with Crippen molar-refractivity contribution in [2.75, 3.05) is 0 Å². The molecule has 0 aliphatic carbocycles. The van der Waals surface area contributed by atoms with Gasteiger partial charge >= 0.3 is 0 Å². The van der Waals surface area contributed by atoms with Crippen molar-refractivity contribution in [1.29, 1.82) is 0 Å². The minimum absolute atomic E-state index is 0.0626. The number of nitrogens with one attached hydrogen (secondary N) is 1. The molecule has 0 fully saturated rings. The Kier molecular flexibility index (Phi) is 5.08. The van der Waals surface area contributed by atoms with Crippen LogP contribution in [0.25, 0.3) is 11.3 Å². The second-order valence-electron chi connectivity index (χ2n) is 5.19. The molecule has 2 heterocycles. The molecule has 0 radical (unpaired) electrons. The van der Waals surface area contributed by atoms with Crippen LogP contribution in [0.5, 0.6) is 0 Å². The zero-order valence-corrected chi connectivity index (χ0v) is 14.4. The van der Waals surface area contributed by atoms with E-state index in [0.717, 1.165) is 29.3 Å². The maximum atomic E-state index is 13.2. The molecular weight excluding hydrogens is 365 g/mol. The molecule has 2 aromatic heterocycles. The highest BCUT2D eigenvalue weighted by molar-refractivity contribution is 7.89. The van der Waals surface area contributed by atoms with Crippen LogP contribution in [0.4, 0.5) is 4.39 Å². The fourth-order valence-electron chi connectivity index (χ4n) is 2.16. The zero-order valence-electron chi connectivity index (χ0n) is 12.9. The number of nitrogens with zero attached hydrogens (tertiary/aromatic N) is 2. The predicted molar refractivity (Wildman–Crippen MR) is 92.9 cm³/mol. The largest absolute Gasteiger partial charge is 0.264 e. The van der Waals surface area contributed by atoms with Crippen molar-refractivity contribution in [1.82, 2.24) is 14.7 Å². The van der Waals surface area contributed by atoms with Crippen molar-refractivity contribution in [3.63, 3.8) is 0 Å². The molecule has 5 nitrogen and oxygen atoms in total. The molecule has 0 bridgehead atoms. The third kappa shape index (κ3) is 4.19. The standard InChI is InChI=1S/C17H13ClFN3O2S/c18-15-9-14(3-4-16(15)19)25(23,24)22-10-12-5-7-21-17(8-12)13-2-1-6-20-11-13/h1-9,11,22H,10H2. The van der Waals surface area contributed by atoms with Gasteiger partial charge in [0.15, 0.2) is 0 Å². The summed E-state index contributed by atoms with van der Waals surface area (Å²) in [6.45, 7) is 0.0626. The molecule has 8 heteroatoms. The predicted octanol–water partition coefficient (Wildman–Crippen LogP) is 3.41. The summed E-state index contributed by atoms with van der Waals surface area (Å²) in [5.41, 5.74) is 2.25. The first-order valence-electron chi connectivity index (χ1n) is 7.26.